The minimum atomic E-state index is -0.0689. The van der Waals surface area contributed by atoms with E-state index in [-0.39, 0.29) is 5.78 Å². The Labute approximate surface area is 73.9 Å². The van der Waals surface area contributed by atoms with E-state index in [0.29, 0.717) is 6.42 Å². The van der Waals surface area contributed by atoms with Crippen LogP contribution >= 0.6 is 0 Å². The van der Waals surface area contributed by atoms with Gasteiger partial charge >= 0.3 is 0 Å². The molecule has 66 valence electrons. The Hall–Kier alpha value is -0.810. The Morgan fingerprint density at radius 1 is 1.33 bits per heavy atom. The highest BCUT2D eigenvalue weighted by molar-refractivity contribution is 5.94. The summed E-state index contributed by atoms with van der Waals surface area (Å²) in [5.41, 5.74) is 0. The van der Waals surface area contributed by atoms with Gasteiger partial charge in [0.1, 0.15) is 0 Å². The van der Waals surface area contributed by atoms with Crippen molar-refractivity contribution >= 4 is 5.78 Å². The first-order valence-electron chi connectivity index (χ1n) is 4.55. The Kier molecular flexibility index (Phi) is 3.83. The lowest BCUT2D eigenvalue weighted by Gasteiger charge is -2.25. The van der Waals surface area contributed by atoms with E-state index < -0.39 is 0 Å². The lowest BCUT2D eigenvalue weighted by molar-refractivity contribution is -0.114. The van der Waals surface area contributed by atoms with Crippen LogP contribution in [0.3, 0.4) is 0 Å². The first-order valence-corrected chi connectivity index (χ1v) is 4.55. The number of carbonyl (C=O) groups is 1. The molecule has 1 saturated heterocycles. The van der Waals surface area contributed by atoms with Gasteiger partial charge in [-0.05, 0) is 31.9 Å². The van der Waals surface area contributed by atoms with Crippen LogP contribution in [0, 0.1) is 12.3 Å². The second kappa shape index (κ2) is 4.95. The van der Waals surface area contributed by atoms with E-state index in [0.717, 1.165) is 19.6 Å². The van der Waals surface area contributed by atoms with Crippen molar-refractivity contribution in [2.45, 2.75) is 25.7 Å². The van der Waals surface area contributed by atoms with Gasteiger partial charge in [0.25, 0.3) is 0 Å². The molecule has 1 aliphatic heterocycles. The van der Waals surface area contributed by atoms with Crippen LogP contribution in [0.1, 0.15) is 25.7 Å². The highest BCUT2D eigenvalue weighted by Gasteiger charge is 2.10. The third-order valence-corrected chi connectivity index (χ3v) is 2.26. The van der Waals surface area contributed by atoms with Crippen molar-refractivity contribution in [1.29, 1.82) is 0 Å². The fraction of sp³-hybridized carbons (Fsp3) is 0.700. The van der Waals surface area contributed by atoms with Gasteiger partial charge in [-0.3, -0.25) is 4.79 Å². The zero-order valence-electron chi connectivity index (χ0n) is 7.38. The Morgan fingerprint density at radius 3 is 2.58 bits per heavy atom. The number of ketones is 1. The normalized spacial score (nSPS) is 18.6. The minimum absolute atomic E-state index is 0.0689. The number of terminal acetylenes is 1. The van der Waals surface area contributed by atoms with Crippen LogP contribution in [0.25, 0.3) is 0 Å². The van der Waals surface area contributed by atoms with Crippen LogP contribution in [-0.4, -0.2) is 30.3 Å². The quantitative estimate of drug-likeness (QED) is 0.460. The average molecular weight is 165 g/mol. The van der Waals surface area contributed by atoms with Crippen molar-refractivity contribution in [2.24, 2.45) is 0 Å². The maximum Gasteiger partial charge on any atom is 0.206 e. The molecular weight excluding hydrogens is 150 g/mol. The number of rotatable bonds is 3. The fourth-order valence-corrected chi connectivity index (χ4v) is 1.51. The SMILES string of the molecule is C#CC(=O)CCN1CCCCC1. The molecule has 0 unspecified atom stereocenters. The topological polar surface area (TPSA) is 20.3 Å². The summed E-state index contributed by atoms with van der Waals surface area (Å²) in [6.07, 6.45) is 9.36. The Morgan fingerprint density at radius 2 is 2.00 bits per heavy atom. The molecule has 0 N–H and O–H groups in total. The van der Waals surface area contributed by atoms with Crippen molar-refractivity contribution in [3.05, 3.63) is 0 Å². The van der Waals surface area contributed by atoms with E-state index in [1.165, 1.54) is 19.3 Å². The summed E-state index contributed by atoms with van der Waals surface area (Å²) in [5.74, 6) is 2.07. The highest BCUT2D eigenvalue weighted by atomic mass is 16.1. The van der Waals surface area contributed by atoms with Gasteiger partial charge in [-0.15, -0.1) is 6.42 Å². The van der Waals surface area contributed by atoms with Crippen molar-refractivity contribution in [3.8, 4) is 12.3 Å². The molecule has 2 nitrogen and oxygen atoms in total. The van der Waals surface area contributed by atoms with E-state index in [1.54, 1.807) is 0 Å². The minimum Gasteiger partial charge on any atom is -0.303 e. The molecule has 1 rings (SSSR count). The van der Waals surface area contributed by atoms with E-state index in [4.69, 9.17) is 6.42 Å². The van der Waals surface area contributed by atoms with Crippen LogP contribution in [0.2, 0.25) is 0 Å². The second-order valence-electron chi connectivity index (χ2n) is 3.22. The molecule has 0 atom stereocenters. The van der Waals surface area contributed by atoms with E-state index in [1.807, 2.05) is 0 Å². The van der Waals surface area contributed by atoms with Gasteiger partial charge in [-0.2, -0.15) is 0 Å². The lowest BCUT2D eigenvalue weighted by Crippen LogP contribution is -2.31. The van der Waals surface area contributed by atoms with Crippen molar-refractivity contribution in [1.82, 2.24) is 4.90 Å². The zero-order chi connectivity index (χ0) is 8.81. The number of hydrogen-bond acceptors (Lipinski definition) is 2. The average Bonchev–Trinajstić information content (AvgIpc) is 2.16. The van der Waals surface area contributed by atoms with Gasteiger partial charge in [0.05, 0.1) is 0 Å². The molecule has 1 aliphatic rings. The van der Waals surface area contributed by atoms with E-state index in [9.17, 15) is 4.79 Å². The predicted molar refractivity (Wildman–Crippen MR) is 48.7 cm³/mol. The second-order valence-corrected chi connectivity index (χ2v) is 3.22. The summed E-state index contributed by atoms with van der Waals surface area (Å²) in [7, 11) is 0. The molecule has 0 radical (unpaired) electrons. The number of carbonyl (C=O) groups excluding carboxylic acids is 1. The Balaban J connectivity index is 2.14. The van der Waals surface area contributed by atoms with Crippen LogP contribution in [0.4, 0.5) is 0 Å². The molecule has 0 bridgehead atoms. The van der Waals surface area contributed by atoms with Crippen LogP contribution in [-0.2, 0) is 4.79 Å². The standard InChI is InChI=1S/C10H15NO/c1-2-10(12)6-9-11-7-4-3-5-8-11/h1H,3-9H2. The summed E-state index contributed by atoms with van der Waals surface area (Å²) in [6, 6.07) is 0. The van der Waals surface area contributed by atoms with Crippen molar-refractivity contribution < 1.29 is 4.79 Å². The van der Waals surface area contributed by atoms with Gasteiger partial charge in [0.15, 0.2) is 0 Å². The number of Topliss-reactive ketones (excluding diaryl/α,β-unsaturated/α-hetero) is 1. The van der Waals surface area contributed by atoms with Crippen LogP contribution in [0.15, 0.2) is 0 Å². The summed E-state index contributed by atoms with van der Waals surface area (Å²) < 4.78 is 0. The molecule has 0 saturated carbocycles. The molecule has 1 fully saturated rings. The fourth-order valence-electron chi connectivity index (χ4n) is 1.51. The molecule has 0 aromatic heterocycles. The van der Waals surface area contributed by atoms with Gasteiger partial charge in [0, 0.05) is 13.0 Å². The summed E-state index contributed by atoms with van der Waals surface area (Å²) in [4.78, 5) is 13.1. The highest BCUT2D eigenvalue weighted by Crippen LogP contribution is 2.08. The molecule has 0 aromatic rings. The summed E-state index contributed by atoms with van der Waals surface area (Å²) in [5, 5.41) is 0. The molecule has 2 heteroatoms. The zero-order valence-corrected chi connectivity index (χ0v) is 7.38. The lowest BCUT2D eigenvalue weighted by atomic mass is 10.1. The third-order valence-electron chi connectivity index (χ3n) is 2.26. The van der Waals surface area contributed by atoms with Crippen LogP contribution < -0.4 is 0 Å². The monoisotopic (exact) mass is 165 g/mol. The van der Waals surface area contributed by atoms with E-state index >= 15 is 0 Å². The first kappa shape index (κ1) is 9.28. The molecule has 0 aliphatic carbocycles. The van der Waals surface area contributed by atoms with Crippen molar-refractivity contribution in [3.63, 3.8) is 0 Å². The third kappa shape index (κ3) is 3.06. The maximum absolute atomic E-state index is 10.8. The number of likely N-dealkylation sites (tertiary alicyclic amines) is 1. The number of nitrogens with zero attached hydrogens (tertiary/aromatic N) is 1. The van der Waals surface area contributed by atoms with Gasteiger partial charge in [-0.25, -0.2) is 0 Å². The predicted octanol–water partition coefficient (Wildman–Crippen LogP) is 1.06. The van der Waals surface area contributed by atoms with Crippen molar-refractivity contribution in [2.75, 3.05) is 19.6 Å². The summed E-state index contributed by atoms with van der Waals surface area (Å²) in [6.45, 7) is 3.12. The first-order chi connectivity index (χ1) is 5.83. The Bertz CT molecular complexity index is 187. The molecule has 0 aromatic carbocycles. The molecule has 1 heterocycles. The van der Waals surface area contributed by atoms with Gasteiger partial charge in [-0.1, -0.05) is 6.42 Å². The van der Waals surface area contributed by atoms with Gasteiger partial charge < -0.3 is 4.90 Å². The number of piperidine rings is 1. The molecule has 0 spiro atoms. The molecule has 0 amide bonds. The number of hydrogen-bond donors (Lipinski definition) is 0. The smallest absolute Gasteiger partial charge is 0.206 e. The van der Waals surface area contributed by atoms with Gasteiger partial charge in [0.2, 0.25) is 5.78 Å². The summed E-state index contributed by atoms with van der Waals surface area (Å²) >= 11 is 0. The van der Waals surface area contributed by atoms with E-state index in [2.05, 4.69) is 10.8 Å². The maximum atomic E-state index is 10.8. The van der Waals surface area contributed by atoms with Crippen LogP contribution in [0.5, 0.6) is 0 Å². The largest absolute Gasteiger partial charge is 0.303 e. The molecular formula is C10H15NO. The molecule has 12 heavy (non-hydrogen) atoms.